The summed E-state index contributed by atoms with van der Waals surface area (Å²) in [6.07, 6.45) is 0.281. The first-order chi connectivity index (χ1) is 3.27. The highest BCUT2D eigenvalue weighted by molar-refractivity contribution is 5.45. The molecular formula is C2H4N2O3. The van der Waals surface area contributed by atoms with E-state index in [9.17, 15) is 14.9 Å². The molecule has 0 aliphatic carbocycles. The van der Waals surface area contributed by atoms with E-state index in [0.29, 0.717) is 0 Å². The van der Waals surface area contributed by atoms with Crippen molar-refractivity contribution in [2.75, 3.05) is 6.67 Å². The lowest BCUT2D eigenvalue weighted by molar-refractivity contribution is -0.483. The summed E-state index contributed by atoms with van der Waals surface area (Å²) in [5, 5.41) is 11.2. The smallest absolute Gasteiger partial charge is 0.277 e. The first kappa shape index (κ1) is 5.87. The minimum absolute atomic E-state index is 0.281. The Bertz CT molecular complexity index is 81.0. The molecule has 0 rings (SSSR count). The number of carbonyl (C=O) groups excluding carboxylic acids is 1. The molecule has 0 saturated carbocycles. The van der Waals surface area contributed by atoms with E-state index >= 15 is 0 Å². The molecule has 0 aromatic carbocycles. The number of hydrogen-bond donors (Lipinski definition) is 1. The lowest BCUT2D eigenvalue weighted by Crippen LogP contribution is -2.19. The summed E-state index contributed by atoms with van der Waals surface area (Å²) in [5.74, 6) is 0. The van der Waals surface area contributed by atoms with Gasteiger partial charge in [-0.05, 0) is 0 Å². The van der Waals surface area contributed by atoms with E-state index in [0.717, 1.165) is 0 Å². The number of rotatable bonds is 3. The molecule has 0 aliphatic rings. The van der Waals surface area contributed by atoms with Crippen LogP contribution in [0.4, 0.5) is 0 Å². The van der Waals surface area contributed by atoms with Crippen molar-refractivity contribution >= 4 is 6.41 Å². The molecule has 7 heavy (non-hydrogen) atoms. The van der Waals surface area contributed by atoms with Crippen molar-refractivity contribution in [2.45, 2.75) is 0 Å². The van der Waals surface area contributed by atoms with Gasteiger partial charge in [0.05, 0.1) is 0 Å². The lowest BCUT2D eigenvalue weighted by Gasteiger charge is -1.84. The highest BCUT2D eigenvalue weighted by Gasteiger charge is 1.86. The molecule has 1 N–H and O–H groups in total. The molecule has 40 valence electrons. The quantitative estimate of drug-likeness (QED) is 0.215. The monoisotopic (exact) mass is 104 g/mol. The molecule has 1 amide bonds. The van der Waals surface area contributed by atoms with Crippen LogP contribution in [0.15, 0.2) is 0 Å². The molecule has 0 heterocycles. The van der Waals surface area contributed by atoms with Crippen LogP contribution >= 0.6 is 0 Å². The van der Waals surface area contributed by atoms with Crippen LogP contribution < -0.4 is 5.32 Å². The second kappa shape index (κ2) is 3.08. The van der Waals surface area contributed by atoms with Gasteiger partial charge in [0.2, 0.25) is 6.41 Å². The largest absolute Gasteiger partial charge is 0.299 e. The third-order valence-electron chi connectivity index (χ3n) is 0.304. The minimum atomic E-state index is -0.631. The van der Waals surface area contributed by atoms with Gasteiger partial charge in [-0.3, -0.25) is 20.2 Å². The molecular weight excluding hydrogens is 100 g/mol. The van der Waals surface area contributed by atoms with E-state index in [1.807, 2.05) is 5.32 Å². The Morgan fingerprint density at radius 1 is 1.86 bits per heavy atom. The number of amides is 1. The van der Waals surface area contributed by atoms with Crippen molar-refractivity contribution in [1.29, 1.82) is 0 Å². The Kier molecular flexibility index (Phi) is 2.58. The maximum Gasteiger partial charge on any atom is 0.277 e. The zero-order valence-corrected chi connectivity index (χ0v) is 3.46. The van der Waals surface area contributed by atoms with Crippen LogP contribution in [0.3, 0.4) is 0 Å². The number of carbonyl (C=O) groups is 1. The molecule has 0 aromatic rings. The fourth-order valence-electron chi connectivity index (χ4n) is 0.112. The summed E-state index contributed by atoms with van der Waals surface area (Å²) in [6, 6.07) is 0. The fourth-order valence-corrected chi connectivity index (χ4v) is 0.112. The summed E-state index contributed by atoms with van der Waals surface area (Å²) >= 11 is 0. The topological polar surface area (TPSA) is 72.2 Å². The van der Waals surface area contributed by atoms with Crippen molar-refractivity contribution in [3.8, 4) is 0 Å². The predicted octanol–water partition coefficient (Wildman–Crippen LogP) is -1.03. The van der Waals surface area contributed by atoms with E-state index in [1.165, 1.54) is 0 Å². The number of hydrogen-bond acceptors (Lipinski definition) is 3. The Balaban J connectivity index is 2.97. The van der Waals surface area contributed by atoms with Crippen LogP contribution in [-0.2, 0) is 4.79 Å². The Hall–Kier alpha value is -1.13. The van der Waals surface area contributed by atoms with Crippen LogP contribution in [-0.4, -0.2) is 18.0 Å². The van der Waals surface area contributed by atoms with Gasteiger partial charge in [0.15, 0.2) is 0 Å². The highest BCUT2D eigenvalue weighted by atomic mass is 16.6. The molecule has 0 fully saturated rings. The van der Waals surface area contributed by atoms with Gasteiger partial charge < -0.3 is 0 Å². The van der Waals surface area contributed by atoms with Crippen LogP contribution in [0.2, 0.25) is 0 Å². The van der Waals surface area contributed by atoms with E-state index in [1.54, 1.807) is 0 Å². The van der Waals surface area contributed by atoms with Crippen molar-refractivity contribution in [2.24, 2.45) is 0 Å². The van der Waals surface area contributed by atoms with Crippen LogP contribution in [0.25, 0.3) is 0 Å². The third-order valence-corrected chi connectivity index (χ3v) is 0.304. The Morgan fingerprint density at radius 2 is 2.43 bits per heavy atom. The van der Waals surface area contributed by atoms with E-state index < -0.39 is 11.6 Å². The highest BCUT2D eigenvalue weighted by Crippen LogP contribution is 1.55. The van der Waals surface area contributed by atoms with Gasteiger partial charge in [-0.25, -0.2) is 0 Å². The van der Waals surface area contributed by atoms with Gasteiger partial charge in [0.25, 0.3) is 6.67 Å². The van der Waals surface area contributed by atoms with Crippen LogP contribution in [0.1, 0.15) is 0 Å². The summed E-state index contributed by atoms with van der Waals surface area (Å²) < 4.78 is 0. The maximum absolute atomic E-state index is 9.34. The maximum atomic E-state index is 9.34. The SMILES string of the molecule is O=CNC[N+](=O)[O-]. The Morgan fingerprint density at radius 3 is 2.57 bits per heavy atom. The molecule has 0 aliphatic heterocycles. The first-order valence-electron chi connectivity index (χ1n) is 1.56. The summed E-state index contributed by atoms with van der Waals surface area (Å²) in [4.78, 5) is 18.0. The first-order valence-corrected chi connectivity index (χ1v) is 1.56. The molecule has 0 unspecified atom stereocenters. The zero-order chi connectivity index (χ0) is 5.70. The second-order valence-electron chi connectivity index (χ2n) is 0.813. The van der Waals surface area contributed by atoms with Crippen LogP contribution in [0, 0.1) is 10.1 Å². The Labute approximate surface area is 39.5 Å². The average Bonchev–Trinajstić information content (AvgIpc) is 1.61. The van der Waals surface area contributed by atoms with Crippen molar-refractivity contribution in [3.63, 3.8) is 0 Å². The molecule has 5 heteroatoms. The van der Waals surface area contributed by atoms with Gasteiger partial charge in [-0.15, -0.1) is 0 Å². The van der Waals surface area contributed by atoms with Gasteiger partial charge in [0, 0.05) is 4.92 Å². The molecule has 0 aromatic heterocycles. The van der Waals surface area contributed by atoms with Crippen LogP contribution in [0.5, 0.6) is 0 Å². The normalized spacial score (nSPS) is 7.43. The van der Waals surface area contributed by atoms with Crippen molar-refractivity contribution in [1.82, 2.24) is 5.32 Å². The molecule has 0 spiro atoms. The summed E-state index contributed by atoms with van der Waals surface area (Å²) in [6.45, 7) is -0.497. The summed E-state index contributed by atoms with van der Waals surface area (Å²) in [7, 11) is 0. The van der Waals surface area contributed by atoms with Crippen molar-refractivity contribution < 1.29 is 9.72 Å². The third kappa shape index (κ3) is 4.87. The van der Waals surface area contributed by atoms with Gasteiger partial charge >= 0.3 is 0 Å². The molecule has 0 saturated heterocycles. The lowest BCUT2D eigenvalue weighted by atomic mass is 11.1. The number of nitrogens with zero attached hydrogens (tertiary/aromatic N) is 1. The zero-order valence-electron chi connectivity index (χ0n) is 3.46. The van der Waals surface area contributed by atoms with E-state index in [-0.39, 0.29) is 6.41 Å². The number of nitrogens with one attached hydrogen (secondary N) is 1. The summed E-state index contributed by atoms with van der Waals surface area (Å²) in [5.41, 5.74) is 0. The van der Waals surface area contributed by atoms with E-state index in [2.05, 4.69) is 0 Å². The van der Waals surface area contributed by atoms with Gasteiger partial charge in [-0.2, -0.15) is 0 Å². The minimum Gasteiger partial charge on any atom is -0.299 e. The van der Waals surface area contributed by atoms with E-state index in [4.69, 9.17) is 0 Å². The fraction of sp³-hybridized carbons (Fsp3) is 0.500. The molecule has 0 radical (unpaired) electrons. The molecule has 5 nitrogen and oxygen atoms in total. The van der Waals surface area contributed by atoms with Gasteiger partial charge in [-0.1, -0.05) is 0 Å². The second-order valence-corrected chi connectivity index (χ2v) is 0.813. The standard InChI is InChI=1S/C2H4N2O3/c5-2-3-1-4(6)7/h2H,1H2,(H,3,5). The predicted molar refractivity (Wildman–Crippen MR) is 21.1 cm³/mol. The van der Waals surface area contributed by atoms with Crippen molar-refractivity contribution in [3.05, 3.63) is 10.1 Å². The number of nitro groups is 1. The van der Waals surface area contributed by atoms with Gasteiger partial charge in [0.1, 0.15) is 0 Å². The molecule has 0 atom stereocenters. The molecule has 0 bridgehead atoms. The average molecular weight is 104 g/mol.